The summed E-state index contributed by atoms with van der Waals surface area (Å²) in [6, 6.07) is 12.3. The SMILES string of the molecule is Cc1ccc(CNc2ccc(Cl)c(CN)c2)cc1I. The highest BCUT2D eigenvalue weighted by atomic mass is 127. The lowest BCUT2D eigenvalue weighted by molar-refractivity contribution is 1.06. The molecule has 0 saturated carbocycles. The van der Waals surface area contributed by atoms with E-state index in [2.05, 4.69) is 53.0 Å². The summed E-state index contributed by atoms with van der Waals surface area (Å²) in [6.07, 6.45) is 0. The van der Waals surface area contributed by atoms with E-state index in [9.17, 15) is 0 Å². The molecule has 2 aromatic carbocycles. The molecule has 0 aliphatic carbocycles. The number of hydrogen-bond acceptors (Lipinski definition) is 2. The second kappa shape index (κ2) is 6.59. The third kappa shape index (κ3) is 3.84. The molecule has 2 aromatic rings. The summed E-state index contributed by atoms with van der Waals surface area (Å²) in [5.41, 5.74) is 10.2. The molecule has 0 radical (unpaired) electrons. The Kier molecular flexibility index (Phi) is 5.07. The maximum atomic E-state index is 6.04. The van der Waals surface area contributed by atoms with Gasteiger partial charge in [-0.15, -0.1) is 0 Å². The summed E-state index contributed by atoms with van der Waals surface area (Å²) >= 11 is 8.40. The molecule has 0 amide bonds. The molecular weight excluding hydrogens is 371 g/mol. The van der Waals surface area contributed by atoms with Gasteiger partial charge < -0.3 is 11.1 Å². The maximum absolute atomic E-state index is 6.04. The summed E-state index contributed by atoms with van der Waals surface area (Å²) in [4.78, 5) is 0. The predicted octanol–water partition coefficient (Wildman–Crippen LogP) is 4.32. The van der Waals surface area contributed by atoms with Gasteiger partial charge in [-0.1, -0.05) is 23.7 Å². The first-order valence-corrected chi connectivity index (χ1v) is 7.53. The molecule has 0 aliphatic rings. The van der Waals surface area contributed by atoms with E-state index in [0.29, 0.717) is 6.54 Å². The van der Waals surface area contributed by atoms with Crippen LogP contribution in [0.1, 0.15) is 16.7 Å². The predicted molar refractivity (Wildman–Crippen MR) is 90.6 cm³/mol. The average Bonchev–Trinajstić information content (AvgIpc) is 2.41. The van der Waals surface area contributed by atoms with Crippen LogP contribution >= 0.6 is 34.2 Å². The molecule has 0 saturated heterocycles. The minimum Gasteiger partial charge on any atom is -0.381 e. The van der Waals surface area contributed by atoms with E-state index < -0.39 is 0 Å². The zero-order chi connectivity index (χ0) is 13.8. The zero-order valence-corrected chi connectivity index (χ0v) is 13.6. The fourth-order valence-corrected chi connectivity index (χ4v) is 2.57. The normalized spacial score (nSPS) is 10.5. The lowest BCUT2D eigenvalue weighted by atomic mass is 10.1. The summed E-state index contributed by atoms with van der Waals surface area (Å²) in [5, 5.41) is 4.11. The van der Waals surface area contributed by atoms with Gasteiger partial charge in [0.05, 0.1) is 0 Å². The van der Waals surface area contributed by atoms with E-state index in [4.69, 9.17) is 17.3 Å². The van der Waals surface area contributed by atoms with Gasteiger partial charge in [0.2, 0.25) is 0 Å². The fourth-order valence-electron chi connectivity index (χ4n) is 1.79. The van der Waals surface area contributed by atoms with E-state index in [1.807, 2.05) is 18.2 Å². The number of anilines is 1. The van der Waals surface area contributed by atoms with Gasteiger partial charge in [0.25, 0.3) is 0 Å². The fraction of sp³-hybridized carbons (Fsp3) is 0.200. The molecule has 19 heavy (non-hydrogen) atoms. The van der Waals surface area contributed by atoms with Crippen molar-refractivity contribution >= 4 is 39.9 Å². The van der Waals surface area contributed by atoms with Crippen molar-refractivity contribution in [1.82, 2.24) is 0 Å². The largest absolute Gasteiger partial charge is 0.381 e. The molecule has 100 valence electrons. The molecule has 0 aliphatic heterocycles. The number of nitrogens with one attached hydrogen (secondary N) is 1. The van der Waals surface area contributed by atoms with Crippen molar-refractivity contribution in [2.24, 2.45) is 5.73 Å². The van der Waals surface area contributed by atoms with Crippen molar-refractivity contribution in [1.29, 1.82) is 0 Å². The second-order valence-corrected chi connectivity index (χ2v) is 6.02. The van der Waals surface area contributed by atoms with Crippen LogP contribution in [0.2, 0.25) is 5.02 Å². The van der Waals surface area contributed by atoms with Gasteiger partial charge in [0, 0.05) is 27.4 Å². The number of hydrogen-bond donors (Lipinski definition) is 2. The van der Waals surface area contributed by atoms with Crippen molar-refractivity contribution in [3.63, 3.8) is 0 Å². The minimum absolute atomic E-state index is 0.455. The molecular formula is C15H16ClIN2. The molecule has 0 fully saturated rings. The Hall–Kier alpha value is -0.780. The number of benzene rings is 2. The van der Waals surface area contributed by atoms with Crippen molar-refractivity contribution in [3.05, 3.63) is 61.7 Å². The molecule has 0 unspecified atom stereocenters. The van der Waals surface area contributed by atoms with Crippen LogP contribution < -0.4 is 11.1 Å². The molecule has 2 rings (SSSR count). The molecule has 0 bridgehead atoms. The molecule has 2 nitrogen and oxygen atoms in total. The molecule has 0 aromatic heterocycles. The van der Waals surface area contributed by atoms with Crippen LogP contribution in [0.15, 0.2) is 36.4 Å². The molecule has 0 heterocycles. The quantitative estimate of drug-likeness (QED) is 0.768. The van der Waals surface area contributed by atoms with Crippen molar-refractivity contribution in [2.75, 3.05) is 5.32 Å². The maximum Gasteiger partial charge on any atom is 0.0452 e. The Morgan fingerprint density at radius 3 is 2.68 bits per heavy atom. The molecule has 0 spiro atoms. The van der Waals surface area contributed by atoms with E-state index in [1.165, 1.54) is 14.7 Å². The van der Waals surface area contributed by atoms with Gasteiger partial charge in [-0.3, -0.25) is 0 Å². The summed E-state index contributed by atoms with van der Waals surface area (Å²) < 4.78 is 1.29. The highest BCUT2D eigenvalue weighted by Crippen LogP contribution is 2.21. The molecule has 0 atom stereocenters. The second-order valence-electron chi connectivity index (χ2n) is 4.45. The lowest BCUT2D eigenvalue weighted by Crippen LogP contribution is -2.02. The molecule has 4 heteroatoms. The zero-order valence-electron chi connectivity index (χ0n) is 10.7. The number of rotatable bonds is 4. The summed E-state index contributed by atoms with van der Waals surface area (Å²) in [5.74, 6) is 0. The highest BCUT2D eigenvalue weighted by Gasteiger charge is 2.01. The molecule has 3 N–H and O–H groups in total. The van der Waals surface area contributed by atoms with E-state index in [1.54, 1.807) is 0 Å². The first-order valence-electron chi connectivity index (χ1n) is 6.07. The summed E-state index contributed by atoms with van der Waals surface area (Å²) in [6.45, 7) is 3.37. The van der Waals surface area contributed by atoms with Crippen molar-refractivity contribution in [2.45, 2.75) is 20.0 Å². The van der Waals surface area contributed by atoms with Crippen LogP contribution in [-0.4, -0.2) is 0 Å². The smallest absolute Gasteiger partial charge is 0.0452 e. The van der Waals surface area contributed by atoms with E-state index >= 15 is 0 Å². The number of halogens is 2. The van der Waals surface area contributed by atoms with Crippen LogP contribution in [0, 0.1) is 10.5 Å². The Bertz CT molecular complexity index is 584. The van der Waals surface area contributed by atoms with Gasteiger partial charge >= 0.3 is 0 Å². The monoisotopic (exact) mass is 386 g/mol. The first-order chi connectivity index (χ1) is 9.10. The van der Waals surface area contributed by atoms with Crippen LogP contribution in [-0.2, 0) is 13.1 Å². The Balaban J connectivity index is 2.07. The standard InChI is InChI=1S/C15H16ClIN2/c1-10-2-3-11(6-15(10)17)9-19-13-4-5-14(16)12(7-13)8-18/h2-7,19H,8-9,18H2,1H3. The minimum atomic E-state index is 0.455. The van der Waals surface area contributed by atoms with Gasteiger partial charge in [-0.05, 0) is 70.5 Å². The van der Waals surface area contributed by atoms with Crippen LogP contribution in [0.3, 0.4) is 0 Å². The van der Waals surface area contributed by atoms with Gasteiger partial charge in [0.1, 0.15) is 0 Å². The lowest BCUT2D eigenvalue weighted by Gasteiger charge is -2.10. The third-order valence-electron chi connectivity index (χ3n) is 3.00. The van der Waals surface area contributed by atoms with Gasteiger partial charge in [-0.2, -0.15) is 0 Å². The average molecular weight is 387 g/mol. The third-order valence-corrected chi connectivity index (χ3v) is 4.53. The van der Waals surface area contributed by atoms with Crippen LogP contribution in [0.25, 0.3) is 0 Å². The van der Waals surface area contributed by atoms with Crippen molar-refractivity contribution in [3.8, 4) is 0 Å². The highest BCUT2D eigenvalue weighted by molar-refractivity contribution is 14.1. The number of nitrogens with two attached hydrogens (primary N) is 1. The van der Waals surface area contributed by atoms with E-state index in [0.717, 1.165) is 22.8 Å². The number of aryl methyl sites for hydroxylation is 1. The Labute approximate surface area is 132 Å². The van der Waals surface area contributed by atoms with Gasteiger partial charge in [-0.25, -0.2) is 0 Å². The van der Waals surface area contributed by atoms with Crippen molar-refractivity contribution < 1.29 is 0 Å². The summed E-state index contributed by atoms with van der Waals surface area (Å²) in [7, 11) is 0. The first kappa shape index (κ1) is 14.6. The Morgan fingerprint density at radius 1 is 1.21 bits per heavy atom. The van der Waals surface area contributed by atoms with Gasteiger partial charge in [0.15, 0.2) is 0 Å². The van der Waals surface area contributed by atoms with E-state index in [-0.39, 0.29) is 0 Å². The Morgan fingerprint density at radius 2 is 2.00 bits per heavy atom. The topological polar surface area (TPSA) is 38.0 Å². The van der Waals surface area contributed by atoms with Crippen LogP contribution in [0.5, 0.6) is 0 Å². The van der Waals surface area contributed by atoms with Crippen LogP contribution in [0.4, 0.5) is 5.69 Å².